The van der Waals surface area contributed by atoms with Crippen molar-refractivity contribution in [2.24, 2.45) is 10.9 Å². The molecule has 116 valence electrons. The van der Waals surface area contributed by atoms with E-state index in [4.69, 9.17) is 0 Å². The third-order valence-corrected chi connectivity index (χ3v) is 4.32. The normalized spacial score (nSPS) is 22.0. The van der Waals surface area contributed by atoms with Gasteiger partial charge in [-0.3, -0.25) is 4.99 Å². The summed E-state index contributed by atoms with van der Waals surface area (Å²) in [5.41, 5.74) is 0. The Balaban J connectivity index is 1.50. The van der Waals surface area contributed by atoms with Gasteiger partial charge in [0.25, 0.3) is 0 Å². The van der Waals surface area contributed by atoms with E-state index in [0.717, 1.165) is 55.9 Å². The Morgan fingerprint density at radius 2 is 2.24 bits per heavy atom. The number of fused-ring (bicyclic) bond motifs is 1. The Morgan fingerprint density at radius 1 is 1.38 bits per heavy atom. The summed E-state index contributed by atoms with van der Waals surface area (Å²) in [5.74, 6) is 3.95. The lowest BCUT2D eigenvalue weighted by atomic mass is 10.1. The van der Waals surface area contributed by atoms with Crippen molar-refractivity contribution in [2.45, 2.75) is 58.0 Å². The number of rotatable bonds is 5. The molecule has 2 aliphatic rings. The molecule has 1 atom stereocenters. The number of guanidine groups is 1. The van der Waals surface area contributed by atoms with Crippen molar-refractivity contribution < 1.29 is 0 Å². The Kier molecular flexibility index (Phi) is 4.41. The van der Waals surface area contributed by atoms with Gasteiger partial charge in [-0.05, 0) is 18.8 Å². The number of hydrogen-bond donors (Lipinski definition) is 2. The van der Waals surface area contributed by atoms with E-state index in [1.165, 1.54) is 19.3 Å². The van der Waals surface area contributed by atoms with E-state index >= 15 is 0 Å². The maximum Gasteiger partial charge on any atom is 0.191 e. The van der Waals surface area contributed by atoms with Crippen molar-refractivity contribution in [1.82, 2.24) is 25.4 Å². The average Bonchev–Trinajstić information content (AvgIpc) is 3.23. The molecule has 2 heterocycles. The first-order valence-electron chi connectivity index (χ1n) is 8.18. The van der Waals surface area contributed by atoms with Gasteiger partial charge < -0.3 is 10.6 Å². The fourth-order valence-electron chi connectivity index (χ4n) is 2.82. The Labute approximate surface area is 126 Å². The van der Waals surface area contributed by atoms with E-state index in [-0.39, 0.29) is 0 Å². The van der Waals surface area contributed by atoms with Gasteiger partial charge in [0.2, 0.25) is 0 Å². The third kappa shape index (κ3) is 3.74. The van der Waals surface area contributed by atoms with Crippen LogP contribution in [-0.4, -0.2) is 40.4 Å². The number of nitrogens with zero attached hydrogens (tertiary/aromatic N) is 4. The number of hydrogen-bond acceptors (Lipinski definition) is 3. The topological polar surface area (TPSA) is 67.1 Å². The Morgan fingerprint density at radius 3 is 2.95 bits per heavy atom. The molecule has 1 saturated carbocycles. The number of aromatic nitrogens is 3. The largest absolute Gasteiger partial charge is 0.356 e. The highest BCUT2D eigenvalue weighted by atomic mass is 15.4. The molecule has 1 aromatic heterocycles. The highest BCUT2D eigenvalue weighted by Gasteiger charge is 2.23. The molecule has 0 saturated heterocycles. The second kappa shape index (κ2) is 6.45. The summed E-state index contributed by atoms with van der Waals surface area (Å²) in [4.78, 5) is 8.88. The third-order valence-electron chi connectivity index (χ3n) is 4.32. The number of aryl methyl sites for hydroxylation is 2. The van der Waals surface area contributed by atoms with Crippen molar-refractivity contribution in [1.29, 1.82) is 0 Å². The molecule has 21 heavy (non-hydrogen) atoms. The van der Waals surface area contributed by atoms with Crippen molar-refractivity contribution in [3.05, 3.63) is 11.6 Å². The molecule has 0 bridgehead atoms. The van der Waals surface area contributed by atoms with Crippen LogP contribution in [0.3, 0.4) is 0 Å². The van der Waals surface area contributed by atoms with Gasteiger partial charge in [0.15, 0.2) is 11.8 Å². The van der Waals surface area contributed by atoms with E-state index in [1.807, 2.05) is 7.05 Å². The van der Waals surface area contributed by atoms with Crippen LogP contribution >= 0.6 is 0 Å². The summed E-state index contributed by atoms with van der Waals surface area (Å²) < 4.78 is 2.05. The fourth-order valence-corrected chi connectivity index (χ4v) is 2.82. The van der Waals surface area contributed by atoms with Gasteiger partial charge in [-0.1, -0.05) is 19.8 Å². The molecule has 0 amide bonds. The molecule has 1 fully saturated rings. The fraction of sp³-hybridized carbons (Fsp3) is 0.800. The molecule has 1 aliphatic heterocycles. The lowest BCUT2D eigenvalue weighted by Gasteiger charge is -2.25. The van der Waals surface area contributed by atoms with Crippen molar-refractivity contribution in [2.75, 3.05) is 13.6 Å². The van der Waals surface area contributed by atoms with Gasteiger partial charge in [0.1, 0.15) is 5.82 Å². The van der Waals surface area contributed by atoms with E-state index in [0.29, 0.717) is 6.04 Å². The summed E-state index contributed by atoms with van der Waals surface area (Å²) in [6.45, 7) is 4.00. The second-order valence-electron chi connectivity index (χ2n) is 6.09. The zero-order valence-corrected chi connectivity index (χ0v) is 13.1. The van der Waals surface area contributed by atoms with E-state index in [2.05, 4.69) is 37.3 Å². The van der Waals surface area contributed by atoms with Crippen LogP contribution in [0, 0.1) is 5.92 Å². The molecule has 2 N–H and O–H groups in total. The van der Waals surface area contributed by atoms with Gasteiger partial charge in [-0.25, -0.2) is 9.67 Å². The van der Waals surface area contributed by atoms with E-state index in [1.54, 1.807) is 0 Å². The van der Waals surface area contributed by atoms with Crippen LogP contribution < -0.4 is 10.6 Å². The zero-order valence-electron chi connectivity index (χ0n) is 13.1. The van der Waals surface area contributed by atoms with Gasteiger partial charge in [0.05, 0.1) is 6.54 Å². The molecule has 0 radical (unpaired) electrons. The average molecular weight is 290 g/mol. The minimum atomic E-state index is 0.385. The van der Waals surface area contributed by atoms with Crippen molar-refractivity contribution in [3.63, 3.8) is 0 Å². The zero-order chi connectivity index (χ0) is 14.7. The maximum absolute atomic E-state index is 4.56. The summed E-state index contributed by atoms with van der Waals surface area (Å²) >= 11 is 0. The molecule has 1 aliphatic carbocycles. The molecule has 6 heteroatoms. The SMILES string of the molecule is CCc1nc2n(n1)CC(NC(=NC)NCCC1CC1)CC2. The van der Waals surface area contributed by atoms with Crippen LogP contribution in [-0.2, 0) is 19.4 Å². The predicted octanol–water partition coefficient (Wildman–Crippen LogP) is 1.12. The first-order chi connectivity index (χ1) is 10.3. The standard InChI is InChI=1S/C15H26N6/c1-3-13-19-14-7-6-12(10-21(14)20-13)18-15(16-2)17-9-8-11-4-5-11/h11-12H,3-10H2,1-2H3,(H2,16,17,18). The Bertz CT molecular complexity index is 502. The first kappa shape index (κ1) is 14.4. The molecule has 1 aromatic rings. The predicted molar refractivity (Wildman–Crippen MR) is 83.3 cm³/mol. The summed E-state index contributed by atoms with van der Waals surface area (Å²) in [6.07, 6.45) is 7.06. The monoisotopic (exact) mass is 290 g/mol. The molecule has 0 aromatic carbocycles. The first-order valence-corrected chi connectivity index (χ1v) is 8.18. The Hall–Kier alpha value is -1.59. The lowest BCUT2D eigenvalue weighted by molar-refractivity contribution is 0.392. The van der Waals surface area contributed by atoms with Crippen molar-refractivity contribution in [3.8, 4) is 0 Å². The smallest absolute Gasteiger partial charge is 0.191 e. The van der Waals surface area contributed by atoms with Crippen LogP contribution in [0.5, 0.6) is 0 Å². The molecule has 3 rings (SSSR count). The van der Waals surface area contributed by atoms with E-state index < -0.39 is 0 Å². The van der Waals surface area contributed by atoms with Crippen LogP contribution in [0.1, 0.15) is 44.3 Å². The van der Waals surface area contributed by atoms with Crippen molar-refractivity contribution >= 4 is 5.96 Å². The highest BCUT2D eigenvalue weighted by molar-refractivity contribution is 5.79. The minimum absolute atomic E-state index is 0.385. The van der Waals surface area contributed by atoms with Gasteiger partial charge in [-0.15, -0.1) is 0 Å². The highest BCUT2D eigenvalue weighted by Crippen LogP contribution is 2.31. The van der Waals surface area contributed by atoms with Gasteiger partial charge in [0, 0.05) is 32.5 Å². The lowest BCUT2D eigenvalue weighted by Crippen LogP contribution is -2.47. The van der Waals surface area contributed by atoms with Crippen LogP contribution in [0.25, 0.3) is 0 Å². The van der Waals surface area contributed by atoms with Crippen LogP contribution in [0.2, 0.25) is 0 Å². The maximum atomic E-state index is 4.56. The molecule has 1 unspecified atom stereocenters. The minimum Gasteiger partial charge on any atom is -0.356 e. The summed E-state index contributed by atoms with van der Waals surface area (Å²) in [5, 5.41) is 11.5. The van der Waals surface area contributed by atoms with Crippen LogP contribution in [0.4, 0.5) is 0 Å². The molecular weight excluding hydrogens is 264 g/mol. The molecule has 0 spiro atoms. The number of nitrogens with one attached hydrogen (secondary N) is 2. The van der Waals surface area contributed by atoms with E-state index in [9.17, 15) is 0 Å². The van der Waals surface area contributed by atoms with Gasteiger partial charge in [-0.2, -0.15) is 5.10 Å². The summed E-state index contributed by atoms with van der Waals surface area (Å²) in [6, 6.07) is 0.385. The summed E-state index contributed by atoms with van der Waals surface area (Å²) in [7, 11) is 1.84. The number of aliphatic imine (C=N–C) groups is 1. The molecule has 6 nitrogen and oxygen atoms in total. The second-order valence-corrected chi connectivity index (χ2v) is 6.09. The van der Waals surface area contributed by atoms with Gasteiger partial charge >= 0.3 is 0 Å². The molecular formula is C15H26N6. The quantitative estimate of drug-likeness (QED) is 0.630. The van der Waals surface area contributed by atoms with Crippen LogP contribution in [0.15, 0.2) is 4.99 Å².